The Morgan fingerprint density at radius 2 is 1.27 bits per heavy atom. The third-order valence-electron chi connectivity index (χ3n) is 5.67. The fraction of sp³-hybridized carbons (Fsp3) is 0.960. The Hall–Kier alpha value is -0.810. The molecule has 0 aromatic carbocycles. The van der Waals surface area contributed by atoms with Crippen LogP contribution in [0.3, 0.4) is 0 Å². The summed E-state index contributed by atoms with van der Waals surface area (Å²) in [6.07, 6.45) is 16.3. The summed E-state index contributed by atoms with van der Waals surface area (Å²) in [5.74, 6) is -0.602. The Morgan fingerprint density at radius 1 is 0.833 bits per heavy atom. The van der Waals surface area contributed by atoms with E-state index in [0.29, 0.717) is 13.2 Å². The molecule has 1 heterocycles. The normalized spacial score (nSPS) is 18.2. The minimum atomic E-state index is -0.602. The monoisotopic (exact) mass is 427 g/mol. The summed E-state index contributed by atoms with van der Waals surface area (Å²) in [4.78, 5) is 12.4. The fourth-order valence-corrected chi connectivity index (χ4v) is 3.81. The van der Waals surface area contributed by atoms with E-state index >= 15 is 0 Å². The fourth-order valence-electron chi connectivity index (χ4n) is 3.81. The first-order valence-electron chi connectivity index (χ1n) is 12.4. The number of carbonyl (C=O) groups is 1. The zero-order valence-electron chi connectivity index (χ0n) is 20.7. The van der Waals surface area contributed by atoms with Crippen LogP contribution in [0, 0.1) is 0 Å². The quantitative estimate of drug-likeness (QED) is 0.300. The molecule has 1 rings (SSSR count). The van der Waals surface area contributed by atoms with Gasteiger partial charge in [0, 0.05) is 0 Å². The molecule has 1 N–H and O–H groups in total. The predicted molar refractivity (Wildman–Crippen MR) is 124 cm³/mol. The van der Waals surface area contributed by atoms with Gasteiger partial charge in [0.1, 0.15) is 5.60 Å². The van der Waals surface area contributed by atoms with Crippen LogP contribution in [-0.4, -0.2) is 36.2 Å². The molecule has 0 aromatic heterocycles. The Balaban J connectivity index is 2.27. The van der Waals surface area contributed by atoms with Gasteiger partial charge in [-0.2, -0.15) is 0 Å². The van der Waals surface area contributed by atoms with Crippen LogP contribution >= 0.6 is 0 Å². The smallest absolute Gasteiger partial charge is 0.408 e. The zero-order valence-corrected chi connectivity index (χ0v) is 20.7. The molecule has 0 aliphatic carbocycles. The average molecular weight is 428 g/mol. The van der Waals surface area contributed by atoms with Crippen molar-refractivity contribution < 1.29 is 19.0 Å². The summed E-state index contributed by atoms with van der Waals surface area (Å²) in [6.45, 7) is 12.6. The van der Waals surface area contributed by atoms with Gasteiger partial charge in [-0.25, -0.2) is 4.79 Å². The van der Waals surface area contributed by atoms with E-state index in [1.807, 2.05) is 34.6 Å². The second kappa shape index (κ2) is 13.6. The van der Waals surface area contributed by atoms with Crippen molar-refractivity contribution in [2.75, 3.05) is 13.2 Å². The molecule has 1 aliphatic rings. The average Bonchev–Trinajstić information content (AvgIpc) is 2.63. The Kier molecular flexibility index (Phi) is 12.3. The molecule has 5 heteroatoms. The lowest BCUT2D eigenvalue weighted by atomic mass is 9.92. The van der Waals surface area contributed by atoms with Gasteiger partial charge in [0.05, 0.1) is 18.8 Å². The minimum Gasteiger partial charge on any atom is -0.444 e. The second-order valence-corrected chi connectivity index (χ2v) is 10.5. The van der Waals surface area contributed by atoms with Gasteiger partial charge in [-0.05, 0) is 41.0 Å². The number of carbonyl (C=O) groups excluding carboxylic acids is 1. The molecule has 0 bridgehead atoms. The van der Waals surface area contributed by atoms with E-state index in [9.17, 15) is 4.79 Å². The molecule has 0 aromatic rings. The molecule has 5 nitrogen and oxygen atoms in total. The number of amides is 1. The number of hydrogen-bond acceptors (Lipinski definition) is 4. The first kappa shape index (κ1) is 27.2. The van der Waals surface area contributed by atoms with Crippen LogP contribution in [0.25, 0.3) is 0 Å². The molecule has 0 saturated carbocycles. The summed E-state index contributed by atoms with van der Waals surface area (Å²) in [5.41, 5.74) is -1.02. The summed E-state index contributed by atoms with van der Waals surface area (Å²) in [6, 6.07) is 0. The van der Waals surface area contributed by atoms with Crippen molar-refractivity contribution in [1.29, 1.82) is 0 Å². The molecule has 1 amide bonds. The van der Waals surface area contributed by atoms with Gasteiger partial charge in [0.15, 0.2) is 5.79 Å². The maximum Gasteiger partial charge on any atom is 0.408 e. The third kappa shape index (κ3) is 12.8. The summed E-state index contributed by atoms with van der Waals surface area (Å²) in [7, 11) is 0. The highest BCUT2D eigenvalue weighted by Crippen LogP contribution is 2.28. The molecule has 0 spiro atoms. The lowest BCUT2D eigenvalue weighted by molar-refractivity contribution is -0.271. The maximum absolute atomic E-state index is 12.4. The van der Waals surface area contributed by atoms with E-state index in [0.717, 1.165) is 12.8 Å². The van der Waals surface area contributed by atoms with Crippen molar-refractivity contribution in [2.45, 2.75) is 142 Å². The Bertz CT molecular complexity index is 460. The molecule has 0 radical (unpaired) electrons. The van der Waals surface area contributed by atoms with Gasteiger partial charge in [-0.1, -0.05) is 84.0 Å². The minimum absolute atomic E-state index is 0.395. The molecule has 1 fully saturated rings. The molecule has 1 saturated heterocycles. The molecule has 178 valence electrons. The molecular weight excluding hydrogens is 378 g/mol. The first-order chi connectivity index (χ1) is 14.1. The summed E-state index contributed by atoms with van der Waals surface area (Å²) in [5, 5.41) is 3.06. The summed E-state index contributed by atoms with van der Waals surface area (Å²) < 4.78 is 17.2. The van der Waals surface area contributed by atoms with Crippen LogP contribution in [0.1, 0.15) is 125 Å². The highest BCUT2D eigenvalue weighted by Gasteiger charge is 2.41. The Labute approximate surface area is 186 Å². The number of nitrogens with one attached hydrogen (secondary N) is 1. The standard InChI is InChI=1S/C25H49NO4/c1-7-8-9-10-11-12-13-14-15-16-17-18-19-25(20-28-24(5,6)29-21-25)26-22(27)30-23(2,3)4/h7-21H2,1-6H3,(H,26,27). The number of hydrogen-bond donors (Lipinski definition) is 1. The molecule has 0 atom stereocenters. The topological polar surface area (TPSA) is 56.8 Å². The van der Waals surface area contributed by atoms with Crippen LogP contribution in [-0.2, 0) is 14.2 Å². The number of unbranched alkanes of at least 4 members (excludes halogenated alkanes) is 11. The van der Waals surface area contributed by atoms with Crippen LogP contribution in [0.4, 0.5) is 4.79 Å². The van der Waals surface area contributed by atoms with Crippen molar-refractivity contribution in [3.8, 4) is 0 Å². The highest BCUT2D eigenvalue weighted by molar-refractivity contribution is 5.68. The van der Waals surface area contributed by atoms with Crippen LogP contribution in [0.15, 0.2) is 0 Å². The molecule has 30 heavy (non-hydrogen) atoms. The number of rotatable bonds is 14. The van der Waals surface area contributed by atoms with Crippen LogP contribution < -0.4 is 5.32 Å². The zero-order chi connectivity index (χ0) is 22.5. The van der Waals surface area contributed by atoms with Crippen molar-refractivity contribution in [1.82, 2.24) is 5.32 Å². The number of alkyl carbamates (subject to hydrolysis) is 1. The van der Waals surface area contributed by atoms with Crippen molar-refractivity contribution in [3.05, 3.63) is 0 Å². The van der Waals surface area contributed by atoms with E-state index in [4.69, 9.17) is 14.2 Å². The van der Waals surface area contributed by atoms with Gasteiger partial charge < -0.3 is 19.5 Å². The van der Waals surface area contributed by atoms with Gasteiger partial charge in [0.2, 0.25) is 0 Å². The number of ether oxygens (including phenoxy) is 3. The predicted octanol–water partition coefficient (Wildman–Crippen LogP) is 7.12. The maximum atomic E-state index is 12.4. The second-order valence-electron chi connectivity index (χ2n) is 10.5. The molecular formula is C25H49NO4. The van der Waals surface area contributed by atoms with Crippen LogP contribution in [0.5, 0.6) is 0 Å². The lowest BCUT2D eigenvalue weighted by Crippen LogP contribution is -2.61. The van der Waals surface area contributed by atoms with Gasteiger partial charge in [-0.3, -0.25) is 0 Å². The highest BCUT2D eigenvalue weighted by atomic mass is 16.7. The Morgan fingerprint density at radius 3 is 1.70 bits per heavy atom. The van der Waals surface area contributed by atoms with Gasteiger partial charge in [-0.15, -0.1) is 0 Å². The van der Waals surface area contributed by atoms with Gasteiger partial charge >= 0.3 is 6.09 Å². The molecule has 0 unspecified atom stereocenters. The SMILES string of the molecule is CCCCCCCCCCCCCCC1(NC(=O)OC(C)(C)C)COC(C)(C)OC1. The summed E-state index contributed by atoms with van der Waals surface area (Å²) >= 11 is 0. The van der Waals surface area contributed by atoms with E-state index in [-0.39, 0.29) is 0 Å². The lowest BCUT2D eigenvalue weighted by Gasteiger charge is -2.44. The largest absolute Gasteiger partial charge is 0.444 e. The van der Waals surface area contributed by atoms with E-state index in [2.05, 4.69) is 12.2 Å². The van der Waals surface area contributed by atoms with Crippen LogP contribution in [0.2, 0.25) is 0 Å². The van der Waals surface area contributed by atoms with Crippen molar-refractivity contribution >= 4 is 6.09 Å². The van der Waals surface area contributed by atoms with Gasteiger partial charge in [0.25, 0.3) is 0 Å². The van der Waals surface area contributed by atoms with Crippen molar-refractivity contribution in [3.63, 3.8) is 0 Å². The first-order valence-corrected chi connectivity index (χ1v) is 12.4. The van der Waals surface area contributed by atoms with E-state index in [1.54, 1.807) is 0 Å². The molecule has 1 aliphatic heterocycles. The third-order valence-corrected chi connectivity index (χ3v) is 5.67. The van der Waals surface area contributed by atoms with E-state index in [1.165, 1.54) is 70.6 Å². The van der Waals surface area contributed by atoms with E-state index < -0.39 is 23.0 Å². The van der Waals surface area contributed by atoms with Crippen molar-refractivity contribution in [2.24, 2.45) is 0 Å².